The van der Waals surface area contributed by atoms with E-state index in [1.165, 1.54) is 0 Å². The van der Waals surface area contributed by atoms with E-state index in [-0.39, 0.29) is 12.5 Å². The highest BCUT2D eigenvalue weighted by Crippen LogP contribution is 2.20. The van der Waals surface area contributed by atoms with Crippen molar-refractivity contribution in [3.8, 4) is 0 Å². The van der Waals surface area contributed by atoms with Gasteiger partial charge in [-0.15, -0.1) is 0 Å². The van der Waals surface area contributed by atoms with Crippen LogP contribution in [-0.2, 0) is 4.79 Å². The van der Waals surface area contributed by atoms with Crippen LogP contribution >= 0.6 is 23.2 Å². The van der Waals surface area contributed by atoms with Crippen molar-refractivity contribution in [2.24, 2.45) is 0 Å². The molecule has 2 rings (SSSR count). The number of hydrogen-bond donors (Lipinski definition) is 2. The smallest absolute Gasteiger partial charge is 0.243 e. The standard InChI is InChI=1S/C15H14Cl2N2O/c1-10-2-5-13(8-14(10)17)19-15(20)9-18-12-6-3-11(16)4-7-12/h2-8,18H,9H2,1H3,(H,19,20). The van der Waals surface area contributed by atoms with Gasteiger partial charge in [0.2, 0.25) is 5.91 Å². The first-order valence-electron chi connectivity index (χ1n) is 6.10. The van der Waals surface area contributed by atoms with E-state index >= 15 is 0 Å². The number of halogens is 2. The fraction of sp³-hybridized carbons (Fsp3) is 0.133. The predicted molar refractivity (Wildman–Crippen MR) is 84.8 cm³/mol. The van der Waals surface area contributed by atoms with Crippen LogP contribution in [0.25, 0.3) is 0 Å². The van der Waals surface area contributed by atoms with Crippen molar-refractivity contribution in [2.75, 3.05) is 17.2 Å². The summed E-state index contributed by atoms with van der Waals surface area (Å²) >= 11 is 11.8. The summed E-state index contributed by atoms with van der Waals surface area (Å²) in [5.74, 6) is -0.139. The van der Waals surface area contributed by atoms with E-state index in [1.54, 1.807) is 18.2 Å². The molecule has 1 amide bonds. The van der Waals surface area contributed by atoms with Crippen LogP contribution in [0.3, 0.4) is 0 Å². The molecule has 0 saturated carbocycles. The van der Waals surface area contributed by atoms with Crippen molar-refractivity contribution in [3.63, 3.8) is 0 Å². The van der Waals surface area contributed by atoms with Crippen molar-refractivity contribution >= 4 is 40.5 Å². The third-order valence-electron chi connectivity index (χ3n) is 2.75. The zero-order valence-electron chi connectivity index (χ0n) is 10.9. The first kappa shape index (κ1) is 14.7. The van der Waals surface area contributed by atoms with Gasteiger partial charge in [-0.05, 0) is 48.9 Å². The van der Waals surface area contributed by atoms with Crippen LogP contribution in [0.2, 0.25) is 10.0 Å². The maximum absolute atomic E-state index is 11.8. The number of carbonyl (C=O) groups is 1. The summed E-state index contributed by atoms with van der Waals surface area (Å²) < 4.78 is 0. The predicted octanol–water partition coefficient (Wildman–Crippen LogP) is 4.35. The third kappa shape index (κ3) is 4.15. The molecule has 0 heterocycles. The molecule has 0 radical (unpaired) electrons. The van der Waals surface area contributed by atoms with Gasteiger partial charge in [-0.1, -0.05) is 29.3 Å². The molecule has 0 fully saturated rings. The SMILES string of the molecule is Cc1ccc(NC(=O)CNc2ccc(Cl)cc2)cc1Cl. The van der Waals surface area contributed by atoms with Gasteiger partial charge in [0, 0.05) is 21.4 Å². The van der Waals surface area contributed by atoms with E-state index in [4.69, 9.17) is 23.2 Å². The Morgan fingerprint density at radius 2 is 1.70 bits per heavy atom. The van der Waals surface area contributed by atoms with Crippen LogP contribution in [0.15, 0.2) is 42.5 Å². The van der Waals surface area contributed by atoms with E-state index < -0.39 is 0 Å². The van der Waals surface area contributed by atoms with Crippen molar-refractivity contribution in [1.29, 1.82) is 0 Å². The molecule has 3 nitrogen and oxygen atoms in total. The number of amides is 1. The molecule has 0 bridgehead atoms. The summed E-state index contributed by atoms with van der Waals surface area (Å²) in [5, 5.41) is 7.09. The van der Waals surface area contributed by atoms with Crippen LogP contribution < -0.4 is 10.6 Å². The maximum Gasteiger partial charge on any atom is 0.243 e. The molecular weight excluding hydrogens is 295 g/mol. The van der Waals surface area contributed by atoms with E-state index in [0.29, 0.717) is 15.7 Å². The number of aryl methyl sites for hydroxylation is 1. The van der Waals surface area contributed by atoms with Crippen LogP contribution in [0, 0.1) is 6.92 Å². The molecule has 5 heteroatoms. The highest BCUT2D eigenvalue weighted by atomic mass is 35.5. The van der Waals surface area contributed by atoms with Crippen molar-refractivity contribution in [3.05, 3.63) is 58.1 Å². The summed E-state index contributed by atoms with van der Waals surface area (Å²) in [6.07, 6.45) is 0. The van der Waals surface area contributed by atoms with Gasteiger partial charge in [0.15, 0.2) is 0 Å². The van der Waals surface area contributed by atoms with Gasteiger partial charge in [-0.3, -0.25) is 4.79 Å². The molecule has 104 valence electrons. The third-order valence-corrected chi connectivity index (χ3v) is 3.41. The molecule has 0 aromatic heterocycles. The van der Waals surface area contributed by atoms with Gasteiger partial charge in [-0.25, -0.2) is 0 Å². The first-order chi connectivity index (χ1) is 9.54. The number of nitrogens with one attached hydrogen (secondary N) is 2. The Morgan fingerprint density at radius 3 is 2.35 bits per heavy atom. The van der Waals surface area contributed by atoms with Crippen LogP contribution in [0.5, 0.6) is 0 Å². The number of hydrogen-bond acceptors (Lipinski definition) is 2. The molecule has 2 N–H and O–H groups in total. The monoisotopic (exact) mass is 308 g/mol. The number of anilines is 2. The maximum atomic E-state index is 11.8. The molecule has 2 aromatic carbocycles. The van der Waals surface area contributed by atoms with Gasteiger partial charge >= 0.3 is 0 Å². The van der Waals surface area contributed by atoms with Gasteiger partial charge in [0.05, 0.1) is 6.54 Å². The van der Waals surface area contributed by atoms with Gasteiger partial charge in [0.25, 0.3) is 0 Å². The fourth-order valence-electron chi connectivity index (χ4n) is 1.63. The second-order valence-electron chi connectivity index (χ2n) is 4.37. The van der Waals surface area contributed by atoms with Crippen LogP contribution in [0.1, 0.15) is 5.56 Å². The highest BCUT2D eigenvalue weighted by Gasteiger charge is 2.04. The minimum absolute atomic E-state index is 0.139. The molecule has 0 unspecified atom stereocenters. The fourth-order valence-corrected chi connectivity index (χ4v) is 1.93. The zero-order valence-corrected chi connectivity index (χ0v) is 12.4. The normalized spacial score (nSPS) is 10.2. The van der Waals surface area contributed by atoms with E-state index in [2.05, 4.69) is 10.6 Å². The van der Waals surface area contributed by atoms with E-state index in [0.717, 1.165) is 11.3 Å². The first-order valence-corrected chi connectivity index (χ1v) is 6.85. The summed E-state index contributed by atoms with van der Waals surface area (Å²) in [6.45, 7) is 2.09. The Morgan fingerprint density at radius 1 is 1.05 bits per heavy atom. The number of benzene rings is 2. The molecule has 0 aliphatic carbocycles. The molecular formula is C15H14Cl2N2O. The summed E-state index contributed by atoms with van der Waals surface area (Å²) in [7, 11) is 0. The lowest BCUT2D eigenvalue weighted by atomic mass is 10.2. The summed E-state index contributed by atoms with van der Waals surface area (Å²) in [6, 6.07) is 12.6. The average molecular weight is 309 g/mol. The molecule has 2 aromatic rings. The minimum Gasteiger partial charge on any atom is -0.376 e. The Balaban J connectivity index is 1.89. The lowest BCUT2D eigenvalue weighted by Crippen LogP contribution is -2.21. The molecule has 0 atom stereocenters. The van der Waals surface area contributed by atoms with Gasteiger partial charge in [-0.2, -0.15) is 0 Å². The largest absolute Gasteiger partial charge is 0.376 e. The lowest BCUT2D eigenvalue weighted by Gasteiger charge is -2.09. The van der Waals surface area contributed by atoms with Crippen molar-refractivity contribution < 1.29 is 4.79 Å². The summed E-state index contributed by atoms with van der Waals surface area (Å²) in [5.41, 5.74) is 2.50. The molecule has 0 spiro atoms. The van der Waals surface area contributed by atoms with Crippen molar-refractivity contribution in [2.45, 2.75) is 6.92 Å². The molecule has 0 saturated heterocycles. The van der Waals surface area contributed by atoms with Crippen LogP contribution in [-0.4, -0.2) is 12.5 Å². The summed E-state index contributed by atoms with van der Waals surface area (Å²) in [4.78, 5) is 11.8. The van der Waals surface area contributed by atoms with Gasteiger partial charge < -0.3 is 10.6 Å². The highest BCUT2D eigenvalue weighted by molar-refractivity contribution is 6.31. The van der Waals surface area contributed by atoms with Crippen LogP contribution in [0.4, 0.5) is 11.4 Å². The quantitative estimate of drug-likeness (QED) is 0.881. The number of rotatable bonds is 4. The Labute approximate surface area is 127 Å². The topological polar surface area (TPSA) is 41.1 Å². The second-order valence-corrected chi connectivity index (χ2v) is 5.22. The Bertz CT molecular complexity index is 612. The molecule has 0 aliphatic rings. The van der Waals surface area contributed by atoms with Gasteiger partial charge in [0.1, 0.15) is 0 Å². The van der Waals surface area contributed by atoms with E-state index in [9.17, 15) is 4.79 Å². The second kappa shape index (κ2) is 6.64. The average Bonchev–Trinajstić information content (AvgIpc) is 2.42. The van der Waals surface area contributed by atoms with E-state index in [1.807, 2.05) is 31.2 Å². The number of carbonyl (C=O) groups excluding carboxylic acids is 1. The minimum atomic E-state index is -0.139. The zero-order chi connectivity index (χ0) is 14.5. The molecule has 20 heavy (non-hydrogen) atoms. The Hall–Kier alpha value is -1.71. The lowest BCUT2D eigenvalue weighted by molar-refractivity contribution is -0.114. The Kier molecular flexibility index (Phi) is 4.88. The molecule has 0 aliphatic heterocycles. The van der Waals surface area contributed by atoms with Crippen molar-refractivity contribution in [1.82, 2.24) is 0 Å².